The van der Waals surface area contributed by atoms with E-state index in [1.807, 2.05) is 0 Å². The van der Waals surface area contributed by atoms with Gasteiger partial charge in [-0.2, -0.15) is 0 Å². The molecule has 3 heteroatoms. The first-order chi connectivity index (χ1) is 7.65. The average molecular weight is 220 g/mol. The molecule has 1 aliphatic heterocycles. The van der Waals surface area contributed by atoms with Gasteiger partial charge in [0.1, 0.15) is 5.75 Å². The van der Waals surface area contributed by atoms with Crippen LogP contribution in [-0.2, 0) is 19.5 Å². The van der Waals surface area contributed by atoms with Crippen LogP contribution in [0.3, 0.4) is 0 Å². The molecule has 0 amide bonds. The number of benzene rings is 1. The SMILES string of the molecule is COc1cc2c(cc1CN)CC(C)N(C)C2. The van der Waals surface area contributed by atoms with Crippen LogP contribution in [0.5, 0.6) is 5.75 Å². The smallest absolute Gasteiger partial charge is 0.123 e. The molecule has 1 aromatic carbocycles. The lowest BCUT2D eigenvalue weighted by Crippen LogP contribution is -2.35. The summed E-state index contributed by atoms with van der Waals surface area (Å²) in [6.07, 6.45) is 1.10. The summed E-state index contributed by atoms with van der Waals surface area (Å²) in [5, 5.41) is 0. The predicted octanol–water partition coefficient (Wildman–Crippen LogP) is 1.53. The minimum Gasteiger partial charge on any atom is -0.496 e. The molecule has 0 saturated heterocycles. The minimum absolute atomic E-state index is 0.542. The Bertz CT molecular complexity index is 353. The topological polar surface area (TPSA) is 38.5 Å². The highest BCUT2D eigenvalue weighted by Gasteiger charge is 2.21. The van der Waals surface area contributed by atoms with E-state index in [-0.39, 0.29) is 0 Å². The number of hydrogen-bond acceptors (Lipinski definition) is 3. The Morgan fingerprint density at radius 1 is 1.44 bits per heavy atom. The van der Waals surface area contributed by atoms with Crippen molar-refractivity contribution in [3.8, 4) is 5.75 Å². The number of rotatable bonds is 2. The van der Waals surface area contributed by atoms with Gasteiger partial charge in [-0.25, -0.2) is 0 Å². The third-order valence-corrected chi connectivity index (χ3v) is 3.51. The molecule has 1 aliphatic rings. The Kier molecular flexibility index (Phi) is 3.17. The molecule has 0 radical (unpaired) electrons. The molecule has 0 bridgehead atoms. The lowest BCUT2D eigenvalue weighted by atomic mass is 9.93. The molecule has 2 N–H and O–H groups in total. The summed E-state index contributed by atoms with van der Waals surface area (Å²) in [6.45, 7) is 3.80. The maximum Gasteiger partial charge on any atom is 0.123 e. The maximum atomic E-state index is 5.73. The van der Waals surface area contributed by atoms with Crippen molar-refractivity contribution in [2.75, 3.05) is 14.2 Å². The van der Waals surface area contributed by atoms with Crippen LogP contribution in [0.4, 0.5) is 0 Å². The highest BCUT2D eigenvalue weighted by molar-refractivity contribution is 5.44. The largest absolute Gasteiger partial charge is 0.496 e. The van der Waals surface area contributed by atoms with Gasteiger partial charge < -0.3 is 10.5 Å². The summed E-state index contributed by atoms with van der Waals surface area (Å²) in [5.41, 5.74) is 9.63. The summed E-state index contributed by atoms with van der Waals surface area (Å²) in [4.78, 5) is 2.36. The summed E-state index contributed by atoms with van der Waals surface area (Å²) in [5.74, 6) is 0.921. The van der Waals surface area contributed by atoms with E-state index in [2.05, 4.69) is 31.0 Å². The molecular weight excluding hydrogens is 200 g/mol. The molecule has 88 valence electrons. The second-order valence-electron chi connectivity index (χ2n) is 4.61. The number of methoxy groups -OCH3 is 1. The van der Waals surface area contributed by atoms with Crippen molar-refractivity contribution in [3.05, 3.63) is 28.8 Å². The van der Waals surface area contributed by atoms with Crippen LogP contribution in [0.25, 0.3) is 0 Å². The molecule has 0 aliphatic carbocycles. The third kappa shape index (κ3) is 1.93. The quantitative estimate of drug-likeness (QED) is 0.821. The van der Waals surface area contributed by atoms with E-state index >= 15 is 0 Å². The molecule has 1 heterocycles. The van der Waals surface area contributed by atoms with E-state index in [9.17, 15) is 0 Å². The van der Waals surface area contributed by atoms with Gasteiger partial charge >= 0.3 is 0 Å². The molecule has 3 nitrogen and oxygen atoms in total. The van der Waals surface area contributed by atoms with E-state index in [1.54, 1.807) is 7.11 Å². The minimum atomic E-state index is 0.542. The fraction of sp³-hybridized carbons (Fsp3) is 0.538. The number of ether oxygens (including phenoxy) is 1. The van der Waals surface area contributed by atoms with Crippen LogP contribution < -0.4 is 10.5 Å². The van der Waals surface area contributed by atoms with Crippen LogP contribution in [0, 0.1) is 0 Å². The van der Waals surface area contributed by atoms with Crippen LogP contribution in [0.1, 0.15) is 23.6 Å². The van der Waals surface area contributed by atoms with Crippen molar-refractivity contribution in [3.63, 3.8) is 0 Å². The summed E-state index contributed by atoms with van der Waals surface area (Å²) < 4.78 is 5.37. The van der Waals surface area contributed by atoms with E-state index in [0.717, 1.165) is 24.3 Å². The fourth-order valence-electron chi connectivity index (χ4n) is 2.30. The van der Waals surface area contributed by atoms with Crippen LogP contribution in [0.2, 0.25) is 0 Å². The summed E-state index contributed by atoms with van der Waals surface area (Å²) >= 11 is 0. The predicted molar refractivity (Wildman–Crippen MR) is 65.5 cm³/mol. The molecule has 0 fully saturated rings. The lowest BCUT2D eigenvalue weighted by Gasteiger charge is -2.32. The van der Waals surface area contributed by atoms with Gasteiger partial charge in [0.2, 0.25) is 0 Å². The van der Waals surface area contributed by atoms with Crippen LogP contribution in [0.15, 0.2) is 12.1 Å². The van der Waals surface area contributed by atoms with E-state index in [1.165, 1.54) is 11.1 Å². The summed E-state index contributed by atoms with van der Waals surface area (Å²) in [6, 6.07) is 4.95. The van der Waals surface area contributed by atoms with Gasteiger partial charge in [0.05, 0.1) is 7.11 Å². The van der Waals surface area contributed by atoms with Gasteiger partial charge in [0.25, 0.3) is 0 Å². The molecule has 0 spiro atoms. The second kappa shape index (κ2) is 4.44. The van der Waals surface area contributed by atoms with Crippen molar-refractivity contribution in [2.45, 2.75) is 32.5 Å². The number of likely N-dealkylation sites (N-methyl/N-ethyl adjacent to an activating group) is 1. The van der Waals surface area contributed by atoms with Crippen LogP contribution in [-0.4, -0.2) is 25.1 Å². The van der Waals surface area contributed by atoms with Crippen molar-refractivity contribution >= 4 is 0 Å². The van der Waals surface area contributed by atoms with Gasteiger partial charge in [-0.05, 0) is 37.6 Å². The van der Waals surface area contributed by atoms with E-state index < -0.39 is 0 Å². The van der Waals surface area contributed by atoms with Gasteiger partial charge in [-0.15, -0.1) is 0 Å². The van der Waals surface area contributed by atoms with Crippen molar-refractivity contribution < 1.29 is 4.74 Å². The first-order valence-electron chi connectivity index (χ1n) is 5.74. The van der Waals surface area contributed by atoms with Crippen molar-refractivity contribution in [1.29, 1.82) is 0 Å². The van der Waals surface area contributed by atoms with Gasteiger partial charge in [-0.1, -0.05) is 6.07 Å². The fourth-order valence-corrected chi connectivity index (χ4v) is 2.30. The normalized spacial score (nSPS) is 20.6. The Balaban J connectivity index is 2.41. The number of fused-ring (bicyclic) bond motifs is 1. The average Bonchev–Trinajstić information content (AvgIpc) is 2.29. The second-order valence-corrected chi connectivity index (χ2v) is 4.61. The first kappa shape index (κ1) is 11.4. The Morgan fingerprint density at radius 2 is 2.19 bits per heavy atom. The third-order valence-electron chi connectivity index (χ3n) is 3.51. The highest BCUT2D eigenvalue weighted by atomic mass is 16.5. The monoisotopic (exact) mass is 220 g/mol. The Morgan fingerprint density at radius 3 is 2.81 bits per heavy atom. The molecule has 1 unspecified atom stereocenters. The van der Waals surface area contributed by atoms with E-state index in [4.69, 9.17) is 10.5 Å². The van der Waals surface area contributed by atoms with Gasteiger partial charge in [-0.3, -0.25) is 4.90 Å². The maximum absolute atomic E-state index is 5.73. The molecule has 1 aromatic rings. The first-order valence-corrected chi connectivity index (χ1v) is 5.74. The number of nitrogens with zero attached hydrogens (tertiary/aromatic N) is 1. The zero-order chi connectivity index (χ0) is 11.7. The Labute approximate surface area is 97.2 Å². The molecule has 2 rings (SSSR count). The molecular formula is C13H20N2O. The van der Waals surface area contributed by atoms with Crippen LogP contribution >= 0.6 is 0 Å². The zero-order valence-electron chi connectivity index (χ0n) is 10.3. The molecule has 1 atom stereocenters. The van der Waals surface area contributed by atoms with Gasteiger partial charge in [0.15, 0.2) is 0 Å². The lowest BCUT2D eigenvalue weighted by molar-refractivity contribution is 0.230. The standard InChI is InChI=1S/C13H20N2O/c1-9-4-10-5-11(7-14)13(16-3)6-12(10)8-15(9)2/h5-6,9H,4,7-8,14H2,1-3H3. The van der Waals surface area contributed by atoms with E-state index in [0.29, 0.717) is 12.6 Å². The van der Waals surface area contributed by atoms with Crippen molar-refractivity contribution in [1.82, 2.24) is 4.90 Å². The Hall–Kier alpha value is -1.06. The molecule has 16 heavy (non-hydrogen) atoms. The number of nitrogens with two attached hydrogens (primary N) is 1. The highest BCUT2D eigenvalue weighted by Crippen LogP contribution is 2.29. The number of hydrogen-bond donors (Lipinski definition) is 1. The molecule has 0 aromatic heterocycles. The zero-order valence-corrected chi connectivity index (χ0v) is 10.3. The van der Waals surface area contributed by atoms with Crippen molar-refractivity contribution in [2.24, 2.45) is 5.73 Å². The van der Waals surface area contributed by atoms with Gasteiger partial charge in [0, 0.05) is 24.7 Å². The summed E-state index contributed by atoms with van der Waals surface area (Å²) in [7, 11) is 3.87. The molecule has 0 saturated carbocycles.